The molecule has 2 unspecified atom stereocenters. The topological polar surface area (TPSA) is 140 Å². The van der Waals surface area contributed by atoms with Gasteiger partial charge in [0.15, 0.2) is 5.90 Å². The Bertz CT molecular complexity index is 834. The van der Waals surface area contributed by atoms with E-state index in [1.54, 1.807) is 0 Å². The molecule has 1 N–H and O–H groups in total. The monoisotopic (exact) mass is 529 g/mol. The van der Waals surface area contributed by atoms with Crippen molar-refractivity contribution in [3.8, 4) is 0 Å². The number of methoxy groups -OCH3 is 1. The van der Waals surface area contributed by atoms with E-state index in [9.17, 15) is 14.4 Å². The van der Waals surface area contributed by atoms with Crippen LogP contribution in [0.1, 0.15) is 61.8 Å². The Labute approximate surface area is 219 Å². The summed E-state index contributed by atoms with van der Waals surface area (Å²) >= 11 is 0. The fourth-order valence-electron chi connectivity index (χ4n) is 5.15. The first-order chi connectivity index (χ1) is 17.2. The number of carbonyl (C=O) groups excluding carboxylic acids is 3. The van der Waals surface area contributed by atoms with Crippen LogP contribution in [0.4, 0.5) is 0 Å². The van der Waals surface area contributed by atoms with Crippen LogP contribution < -0.4 is 0 Å². The fraction of sp³-hybridized carbons (Fsp3) is 0.846. The van der Waals surface area contributed by atoms with Gasteiger partial charge in [0.05, 0.1) is 25.9 Å². The van der Waals surface area contributed by atoms with Crippen LogP contribution in [0.5, 0.6) is 0 Å². The molecule has 0 bridgehead atoms. The van der Waals surface area contributed by atoms with Crippen molar-refractivity contribution in [2.45, 2.75) is 92.2 Å². The molecule has 0 radical (unpaired) electrons. The summed E-state index contributed by atoms with van der Waals surface area (Å²) in [4.78, 5) is 36.6. The molecular formula is C26H43NO10. The number of nitrogens with one attached hydrogen (secondary N) is 1. The Balaban J connectivity index is 2.40. The van der Waals surface area contributed by atoms with Gasteiger partial charge in [-0.1, -0.05) is 34.6 Å². The lowest BCUT2D eigenvalue weighted by atomic mass is 9.76. The minimum Gasteiger partial charge on any atom is -0.465 e. The van der Waals surface area contributed by atoms with Crippen LogP contribution in [0.25, 0.3) is 0 Å². The maximum absolute atomic E-state index is 13.3. The largest absolute Gasteiger partial charge is 0.465 e. The van der Waals surface area contributed by atoms with Crippen LogP contribution >= 0.6 is 0 Å². The van der Waals surface area contributed by atoms with Crippen LogP contribution in [0, 0.1) is 35.0 Å². The van der Waals surface area contributed by atoms with Crippen molar-refractivity contribution in [1.29, 1.82) is 5.41 Å². The third kappa shape index (κ3) is 7.64. The first-order valence-corrected chi connectivity index (χ1v) is 12.8. The van der Waals surface area contributed by atoms with Gasteiger partial charge < -0.3 is 33.2 Å². The van der Waals surface area contributed by atoms with Gasteiger partial charge in [0.1, 0.15) is 12.7 Å². The lowest BCUT2D eigenvalue weighted by Gasteiger charge is -2.50. The molecule has 2 fully saturated rings. The van der Waals surface area contributed by atoms with Gasteiger partial charge in [-0.3, -0.25) is 15.0 Å². The summed E-state index contributed by atoms with van der Waals surface area (Å²) in [5.41, 5.74) is 0. The molecule has 2 aliphatic heterocycles. The Morgan fingerprint density at radius 3 is 2.22 bits per heavy atom. The zero-order valence-electron chi connectivity index (χ0n) is 23.4. The molecule has 2 heterocycles. The highest BCUT2D eigenvalue weighted by atomic mass is 16.7. The van der Waals surface area contributed by atoms with Gasteiger partial charge in [0.25, 0.3) is 5.79 Å². The van der Waals surface area contributed by atoms with Gasteiger partial charge in [0, 0.05) is 44.9 Å². The Hall–Kier alpha value is -2.24. The zero-order chi connectivity index (χ0) is 28.1. The molecule has 2 rings (SSSR count). The predicted molar refractivity (Wildman–Crippen MR) is 131 cm³/mol. The van der Waals surface area contributed by atoms with Crippen molar-refractivity contribution in [2.75, 3.05) is 20.3 Å². The van der Waals surface area contributed by atoms with Crippen LogP contribution in [-0.2, 0) is 47.5 Å². The third-order valence-electron chi connectivity index (χ3n) is 7.35. The second-order valence-corrected chi connectivity index (χ2v) is 10.5. The SMILES string of the molecule is COC(=O)[C@@]1(O[C@H]2[C@@H](C)COC(OC(C)=N)[C@@H]2C)CC(C)[C@H](C)[C@H]([C@H](C)[C@@H](COC(C)=O)OC(C)=O)O1. The number of carbonyl (C=O) groups is 3. The smallest absolute Gasteiger partial charge is 0.366 e. The highest BCUT2D eigenvalue weighted by Gasteiger charge is 2.56. The van der Waals surface area contributed by atoms with E-state index >= 15 is 0 Å². The van der Waals surface area contributed by atoms with E-state index in [-0.39, 0.29) is 42.6 Å². The van der Waals surface area contributed by atoms with Gasteiger partial charge in [-0.2, -0.15) is 0 Å². The lowest BCUT2D eigenvalue weighted by molar-refractivity contribution is -0.341. The summed E-state index contributed by atoms with van der Waals surface area (Å²) in [6.07, 6.45) is -2.34. The molecule has 0 amide bonds. The standard InChI is InChI=1S/C26H43NO10/c1-13-10-26(25(30)31-9,36-22-14(2)11-33-24(17(22)5)34-18(6)27)37-23(15(13)3)16(4)21(35-20(8)29)12-32-19(7)28/h13-17,21-24,27H,10-12H2,1-9H3/t13?,14-,15-,16+,17+,21+,22-,23+,24?,26+/m0/s1. The first kappa shape index (κ1) is 31.0. The fourth-order valence-corrected chi connectivity index (χ4v) is 5.15. The molecule has 37 heavy (non-hydrogen) atoms. The zero-order valence-corrected chi connectivity index (χ0v) is 23.4. The van der Waals surface area contributed by atoms with Gasteiger partial charge in [-0.25, -0.2) is 4.79 Å². The normalized spacial score (nSPS) is 35.5. The quantitative estimate of drug-likeness (QED) is 0.205. The summed E-state index contributed by atoms with van der Waals surface area (Å²) in [5, 5.41) is 7.69. The van der Waals surface area contributed by atoms with Crippen molar-refractivity contribution in [3.05, 3.63) is 0 Å². The number of ether oxygens (including phenoxy) is 7. The van der Waals surface area contributed by atoms with Gasteiger partial charge >= 0.3 is 17.9 Å². The minimum absolute atomic E-state index is 0.0161. The highest BCUT2D eigenvalue weighted by molar-refractivity contribution is 5.78. The number of rotatable bonds is 9. The molecule has 0 aromatic rings. The van der Waals surface area contributed by atoms with E-state index in [2.05, 4.69) is 0 Å². The van der Waals surface area contributed by atoms with Gasteiger partial charge in [-0.05, 0) is 11.8 Å². The summed E-state index contributed by atoms with van der Waals surface area (Å²) < 4.78 is 40.2. The minimum atomic E-state index is -1.73. The van der Waals surface area contributed by atoms with Crippen LogP contribution in [0.15, 0.2) is 0 Å². The Kier molecular flexibility index (Phi) is 10.9. The molecule has 2 aliphatic rings. The molecule has 0 aliphatic carbocycles. The summed E-state index contributed by atoms with van der Waals surface area (Å²) in [6.45, 7) is 13.9. The molecule has 212 valence electrons. The second-order valence-electron chi connectivity index (χ2n) is 10.5. The number of hydrogen-bond donors (Lipinski definition) is 1. The summed E-state index contributed by atoms with van der Waals surface area (Å²) in [5.74, 6) is -4.35. The predicted octanol–water partition coefficient (Wildman–Crippen LogP) is 3.08. The van der Waals surface area contributed by atoms with Gasteiger partial charge in [-0.15, -0.1) is 0 Å². The lowest BCUT2D eigenvalue weighted by Crippen LogP contribution is -2.61. The van der Waals surface area contributed by atoms with E-state index in [0.717, 1.165) is 0 Å². The van der Waals surface area contributed by atoms with Crippen molar-refractivity contribution in [2.24, 2.45) is 29.6 Å². The summed E-state index contributed by atoms with van der Waals surface area (Å²) in [7, 11) is 1.28. The molecule has 0 spiro atoms. The molecule has 0 saturated carbocycles. The molecule has 0 aromatic carbocycles. The molecule has 11 nitrogen and oxygen atoms in total. The van der Waals surface area contributed by atoms with E-state index in [1.165, 1.54) is 27.9 Å². The maximum atomic E-state index is 13.3. The van der Waals surface area contributed by atoms with Crippen molar-refractivity contribution >= 4 is 23.8 Å². The third-order valence-corrected chi connectivity index (χ3v) is 7.35. The molecule has 10 atom stereocenters. The molecule has 0 aromatic heterocycles. The first-order valence-electron chi connectivity index (χ1n) is 12.8. The maximum Gasteiger partial charge on any atom is 0.366 e. The van der Waals surface area contributed by atoms with Crippen LogP contribution in [0.3, 0.4) is 0 Å². The molecule has 2 saturated heterocycles. The van der Waals surface area contributed by atoms with E-state index in [1.807, 2.05) is 34.6 Å². The van der Waals surface area contributed by atoms with Crippen LogP contribution in [-0.4, -0.2) is 74.5 Å². The van der Waals surface area contributed by atoms with Crippen molar-refractivity contribution in [3.63, 3.8) is 0 Å². The Morgan fingerprint density at radius 2 is 1.68 bits per heavy atom. The number of hydrogen-bond acceptors (Lipinski definition) is 11. The van der Waals surface area contributed by atoms with Crippen molar-refractivity contribution < 1.29 is 47.5 Å². The molecule has 11 heteroatoms. The highest BCUT2D eigenvalue weighted by Crippen LogP contribution is 2.44. The van der Waals surface area contributed by atoms with E-state index in [4.69, 9.17) is 38.6 Å². The van der Waals surface area contributed by atoms with E-state index < -0.39 is 54.2 Å². The van der Waals surface area contributed by atoms with Gasteiger partial charge in [0.2, 0.25) is 6.29 Å². The number of esters is 3. The Morgan fingerprint density at radius 1 is 1.03 bits per heavy atom. The second kappa shape index (κ2) is 13.0. The van der Waals surface area contributed by atoms with Crippen LogP contribution in [0.2, 0.25) is 0 Å². The molecular weight excluding hydrogens is 486 g/mol. The summed E-state index contributed by atoms with van der Waals surface area (Å²) in [6, 6.07) is 0. The average Bonchev–Trinajstić information content (AvgIpc) is 2.81. The average molecular weight is 530 g/mol. The van der Waals surface area contributed by atoms with Crippen molar-refractivity contribution in [1.82, 2.24) is 0 Å². The van der Waals surface area contributed by atoms with E-state index in [0.29, 0.717) is 6.61 Å².